The molecule has 0 amide bonds. The van der Waals surface area contributed by atoms with Gasteiger partial charge in [-0.3, -0.25) is 9.58 Å². The summed E-state index contributed by atoms with van der Waals surface area (Å²) in [6.45, 7) is 3.22. The second kappa shape index (κ2) is 7.95. The van der Waals surface area contributed by atoms with E-state index in [-0.39, 0.29) is 11.4 Å². The van der Waals surface area contributed by atoms with Crippen LogP contribution in [0.2, 0.25) is 0 Å². The summed E-state index contributed by atoms with van der Waals surface area (Å²) in [5.41, 5.74) is 0. The second-order valence-electron chi connectivity index (χ2n) is 4.99. The summed E-state index contributed by atoms with van der Waals surface area (Å²) in [5.74, 6) is 0. The molecule has 1 saturated heterocycles. The lowest BCUT2D eigenvalue weighted by Crippen LogP contribution is -2.36. The fraction of sp³-hybridized carbons (Fsp3) is 0.750. The minimum absolute atomic E-state index is 0.104. The van der Waals surface area contributed by atoms with Gasteiger partial charge in [0, 0.05) is 39.0 Å². The van der Waals surface area contributed by atoms with Crippen LogP contribution >= 0.6 is 0 Å². The lowest BCUT2D eigenvalue weighted by molar-refractivity contribution is 0.121. The van der Waals surface area contributed by atoms with Gasteiger partial charge >= 0.3 is 0 Å². The first kappa shape index (κ1) is 17.3. The Kier molecular flexibility index (Phi) is 6.24. The summed E-state index contributed by atoms with van der Waals surface area (Å²) in [7, 11) is -3.72. The summed E-state index contributed by atoms with van der Waals surface area (Å²) in [6, 6.07) is 0. The third-order valence-corrected chi connectivity index (χ3v) is 4.70. The molecular formula is C12H20F2N4O3S. The highest BCUT2D eigenvalue weighted by Gasteiger charge is 2.18. The molecule has 0 aromatic carbocycles. The monoisotopic (exact) mass is 338 g/mol. The van der Waals surface area contributed by atoms with Crippen LogP contribution in [0, 0.1) is 0 Å². The van der Waals surface area contributed by atoms with E-state index in [1.165, 1.54) is 0 Å². The maximum Gasteiger partial charge on any atom is 0.257 e. The van der Waals surface area contributed by atoms with E-state index in [9.17, 15) is 17.2 Å². The van der Waals surface area contributed by atoms with Crippen molar-refractivity contribution < 1.29 is 21.9 Å². The van der Waals surface area contributed by atoms with Crippen LogP contribution in [0.25, 0.3) is 0 Å². The van der Waals surface area contributed by atoms with Crippen LogP contribution in [-0.4, -0.2) is 68.9 Å². The topological polar surface area (TPSA) is 76.5 Å². The van der Waals surface area contributed by atoms with Gasteiger partial charge in [-0.2, -0.15) is 5.10 Å². The van der Waals surface area contributed by atoms with Crippen LogP contribution < -0.4 is 4.72 Å². The number of aromatic nitrogens is 2. The minimum Gasteiger partial charge on any atom is -0.380 e. The Morgan fingerprint density at radius 1 is 1.36 bits per heavy atom. The molecule has 2 rings (SSSR count). The van der Waals surface area contributed by atoms with E-state index in [1.54, 1.807) is 0 Å². The third kappa shape index (κ3) is 5.27. The molecule has 0 saturated carbocycles. The van der Waals surface area contributed by atoms with Crippen molar-refractivity contribution in [1.82, 2.24) is 19.4 Å². The number of ether oxygens (including phenoxy) is 1. The number of nitrogens with one attached hydrogen (secondary N) is 1. The normalized spacial score (nSPS) is 17.8. The van der Waals surface area contributed by atoms with Crippen LogP contribution in [0.3, 0.4) is 0 Å². The average Bonchev–Trinajstić information content (AvgIpc) is 2.75. The SMILES string of the molecule is O=S(=O)(NCCN1CCCOCC1)c1cnn(CC(F)F)c1. The predicted octanol–water partition coefficient (Wildman–Crippen LogP) is 0.149. The molecule has 0 aliphatic carbocycles. The highest BCUT2D eigenvalue weighted by Crippen LogP contribution is 2.08. The van der Waals surface area contributed by atoms with Crippen LogP contribution in [0.4, 0.5) is 8.78 Å². The van der Waals surface area contributed by atoms with Gasteiger partial charge in [-0.05, 0) is 6.42 Å². The summed E-state index contributed by atoms with van der Waals surface area (Å²) < 4.78 is 57.2. The Labute approximate surface area is 128 Å². The van der Waals surface area contributed by atoms with Gasteiger partial charge in [0.2, 0.25) is 10.0 Å². The van der Waals surface area contributed by atoms with E-state index in [0.29, 0.717) is 13.2 Å². The van der Waals surface area contributed by atoms with E-state index in [0.717, 1.165) is 43.2 Å². The van der Waals surface area contributed by atoms with E-state index < -0.39 is 23.0 Å². The maximum atomic E-state index is 12.2. The lowest BCUT2D eigenvalue weighted by Gasteiger charge is -2.18. The fourth-order valence-electron chi connectivity index (χ4n) is 2.17. The van der Waals surface area contributed by atoms with Gasteiger partial charge in [0.15, 0.2) is 0 Å². The van der Waals surface area contributed by atoms with Crippen molar-refractivity contribution in [3.05, 3.63) is 12.4 Å². The quantitative estimate of drug-likeness (QED) is 0.766. The predicted molar refractivity (Wildman–Crippen MR) is 75.3 cm³/mol. The van der Waals surface area contributed by atoms with Crippen molar-refractivity contribution in [2.75, 3.05) is 39.4 Å². The first-order valence-electron chi connectivity index (χ1n) is 7.08. The number of nitrogens with zero attached hydrogens (tertiary/aromatic N) is 3. The zero-order valence-corrected chi connectivity index (χ0v) is 12.9. The van der Waals surface area contributed by atoms with Crippen molar-refractivity contribution >= 4 is 10.0 Å². The molecule has 0 atom stereocenters. The molecule has 7 nitrogen and oxygen atoms in total. The molecule has 0 bridgehead atoms. The number of hydrogen-bond donors (Lipinski definition) is 1. The minimum atomic E-state index is -3.72. The molecule has 126 valence electrons. The standard InChI is InChI=1S/C12H20F2N4O3S/c13-12(14)10-18-9-11(8-15-18)22(19,20)16-2-4-17-3-1-6-21-7-5-17/h8-9,12,16H,1-7,10H2. The van der Waals surface area contributed by atoms with Gasteiger partial charge in [0.25, 0.3) is 6.43 Å². The van der Waals surface area contributed by atoms with Gasteiger partial charge in [0.1, 0.15) is 11.4 Å². The van der Waals surface area contributed by atoms with Gasteiger partial charge in [-0.15, -0.1) is 0 Å². The van der Waals surface area contributed by atoms with E-state index in [4.69, 9.17) is 4.74 Å². The summed E-state index contributed by atoms with van der Waals surface area (Å²) in [6.07, 6.45) is 0.528. The molecule has 0 spiro atoms. The number of rotatable bonds is 7. The Balaban J connectivity index is 1.83. The summed E-state index contributed by atoms with van der Waals surface area (Å²) >= 11 is 0. The number of alkyl halides is 2. The summed E-state index contributed by atoms with van der Waals surface area (Å²) in [4.78, 5) is 2.02. The number of halogens is 2. The molecule has 10 heteroatoms. The molecular weight excluding hydrogens is 318 g/mol. The third-order valence-electron chi connectivity index (χ3n) is 3.28. The zero-order valence-electron chi connectivity index (χ0n) is 12.1. The Morgan fingerprint density at radius 3 is 2.95 bits per heavy atom. The summed E-state index contributed by atoms with van der Waals surface area (Å²) in [5, 5.41) is 3.62. The van der Waals surface area contributed by atoms with Crippen LogP contribution in [0.5, 0.6) is 0 Å². The van der Waals surface area contributed by atoms with Crippen molar-refractivity contribution in [1.29, 1.82) is 0 Å². The Hall–Kier alpha value is -1.10. The molecule has 1 aromatic heterocycles. The Bertz CT molecular complexity index is 556. The molecule has 0 unspecified atom stereocenters. The van der Waals surface area contributed by atoms with Crippen molar-refractivity contribution in [3.63, 3.8) is 0 Å². The molecule has 1 fully saturated rings. The van der Waals surface area contributed by atoms with Crippen molar-refractivity contribution in [2.24, 2.45) is 0 Å². The molecule has 1 N–H and O–H groups in total. The van der Waals surface area contributed by atoms with Crippen LogP contribution in [0.15, 0.2) is 17.3 Å². The van der Waals surface area contributed by atoms with Crippen LogP contribution in [-0.2, 0) is 21.3 Å². The van der Waals surface area contributed by atoms with Crippen LogP contribution in [0.1, 0.15) is 6.42 Å². The smallest absolute Gasteiger partial charge is 0.257 e. The molecule has 22 heavy (non-hydrogen) atoms. The molecule has 2 heterocycles. The maximum absolute atomic E-state index is 12.2. The number of hydrogen-bond acceptors (Lipinski definition) is 5. The molecule has 1 aliphatic rings. The first-order chi connectivity index (χ1) is 10.5. The number of sulfonamides is 1. The van der Waals surface area contributed by atoms with Gasteiger partial charge in [0.05, 0.1) is 12.8 Å². The van der Waals surface area contributed by atoms with E-state index in [2.05, 4.69) is 14.7 Å². The van der Waals surface area contributed by atoms with Gasteiger partial charge in [-0.1, -0.05) is 0 Å². The van der Waals surface area contributed by atoms with Gasteiger partial charge in [-0.25, -0.2) is 21.9 Å². The second-order valence-corrected chi connectivity index (χ2v) is 6.76. The van der Waals surface area contributed by atoms with Crippen molar-refractivity contribution in [2.45, 2.75) is 24.3 Å². The van der Waals surface area contributed by atoms with E-state index >= 15 is 0 Å². The molecule has 1 aliphatic heterocycles. The molecule has 1 aromatic rings. The molecule has 0 radical (unpaired) electrons. The fourth-order valence-corrected chi connectivity index (χ4v) is 3.14. The van der Waals surface area contributed by atoms with Gasteiger partial charge < -0.3 is 4.74 Å². The van der Waals surface area contributed by atoms with Crippen molar-refractivity contribution in [3.8, 4) is 0 Å². The lowest BCUT2D eigenvalue weighted by atomic mass is 10.4. The highest BCUT2D eigenvalue weighted by molar-refractivity contribution is 7.89. The average molecular weight is 338 g/mol. The largest absolute Gasteiger partial charge is 0.380 e. The van der Waals surface area contributed by atoms with E-state index in [1.807, 2.05) is 0 Å². The first-order valence-corrected chi connectivity index (χ1v) is 8.56. The highest BCUT2D eigenvalue weighted by atomic mass is 32.2. The zero-order chi connectivity index (χ0) is 16.0. The Morgan fingerprint density at radius 2 is 2.18 bits per heavy atom.